The van der Waals surface area contributed by atoms with Crippen LogP contribution in [0.25, 0.3) is 0 Å². The van der Waals surface area contributed by atoms with E-state index in [4.69, 9.17) is 4.74 Å². The predicted molar refractivity (Wildman–Crippen MR) is 71.7 cm³/mol. The standard InChI is InChI=1S/C14H23N3O2/c1-4-19-14(7-5-6-11(2)9-14)12(18)8-13-15-10-16-17(13)3/h10-11H,4-9H2,1-3H3. The molecule has 1 aliphatic rings. The normalized spacial score (nSPS) is 27.4. The van der Waals surface area contributed by atoms with Crippen molar-refractivity contribution in [2.45, 2.75) is 51.6 Å². The molecular weight excluding hydrogens is 242 g/mol. The first-order valence-corrected chi connectivity index (χ1v) is 7.07. The van der Waals surface area contributed by atoms with Crippen LogP contribution in [-0.2, 0) is 23.0 Å². The molecule has 0 amide bonds. The van der Waals surface area contributed by atoms with E-state index in [1.54, 1.807) is 4.68 Å². The Bertz CT molecular complexity index is 440. The van der Waals surface area contributed by atoms with E-state index in [0.29, 0.717) is 24.8 Å². The molecule has 2 unspecified atom stereocenters. The van der Waals surface area contributed by atoms with Crippen molar-refractivity contribution < 1.29 is 9.53 Å². The molecule has 1 aromatic heterocycles. The molecule has 5 nitrogen and oxygen atoms in total. The van der Waals surface area contributed by atoms with Crippen LogP contribution < -0.4 is 0 Å². The topological polar surface area (TPSA) is 57.0 Å². The number of nitrogens with zero attached hydrogens (tertiary/aromatic N) is 3. The predicted octanol–water partition coefficient (Wildman–Crippen LogP) is 1.91. The van der Waals surface area contributed by atoms with Gasteiger partial charge in [-0.05, 0) is 32.1 Å². The fourth-order valence-electron chi connectivity index (χ4n) is 3.03. The van der Waals surface area contributed by atoms with Gasteiger partial charge in [-0.1, -0.05) is 13.3 Å². The fourth-order valence-corrected chi connectivity index (χ4v) is 3.03. The third-order valence-corrected chi connectivity index (χ3v) is 4.01. The maximum Gasteiger partial charge on any atom is 0.172 e. The highest BCUT2D eigenvalue weighted by atomic mass is 16.5. The van der Waals surface area contributed by atoms with Crippen LogP contribution in [0.3, 0.4) is 0 Å². The van der Waals surface area contributed by atoms with Gasteiger partial charge in [-0.25, -0.2) is 4.98 Å². The Morgan fingerprint density at radius 2 is 2.42 bits per heavy atom. The average Bonchev–Trinajstić information content (AvgIpc) is 2.75. The molecule has 1 aliphatic carbocycles. The molecule has 1 heterocycles. The Hall–Kier alpha value is -1.23. The van der Waals surface area contributed by atoms with Gasteiger partial charge < -0.3 is 4.74 Å². The number of Topliss-reactive ketones (excluding diaryl/α,β-unsaturated/α-hetero) is 1. The molecule has 0 aliphatic heterocycles. The lowest BCUT2D eigenvalue weighted by molar-refractivity contribution is -0.150. The molecule has 0 N–H and O–H groups in total. The number of carbonyl (C=O) groups excluding carboxylic acids is 1. The summed E-state index contributed by atoms with van der Waals surface area (Å²) in [6.07, 6.45) is 5.71. The average molecular weight is 265 g/mol. The van der Waals surface area contributed by atoms with Crippen molar-refractivity contribution in [3.63, 3.8) is 0 Å². The molecule has 1 saturated carbocycles. The minimum atomic E-state index is -0.599. The van der Waals surface area contributed by atoms with Crippen LogP contribution in [0.4, 0.5) is 0 Å². The molecule has 0 saturated heterocycles. The largest absolute Gasteiger partial charge is 0.367 e. The molecule has 0 aromatic carbocycles. The Labute approximate surface area is 114 Å². The fraction of sp³-hybridized carbons (Fsp3) is 0.786. The molecule has 5 heteroatoms. The van der Waals surface area contributed by atoms with Gasteiger partial charge in [-0.2, -0.15) is 5.10 Å². The van der Waals surface area contributed by atoms with Crippen molar-refractivity contribution in [1.82, 2.24) is 14.8 Å². The van der Waals surface area contributed by atoms with Crippen molar-refractivity contribution in [1.29, 1.82) is 0 Å². The minimum absolute atomic E-state index is 0.150. The van der Waals surface area contributed by atoms with E-state index in [9.17, 15) is 4.79 Å². The summed E-state index contributed by atoms with van der Waals surface area (Å²) in [4.78, 5) is 16.8. The van der Waals surface area contributed by atoms with Gasteiger partial charge in [0.15, 0.2) is 5.78 Å². The molecule has 19 heavy (non-hydrogen) atoms. The summed E-state index contributed by atoms with van der Waals surface area (Å²) >= 11 is 0. The SMILES string of the molecule is CCOC1(C(=O)Cc2ncnn2C)CCCC(C)C1. The Balaban J connectivity index is 2.14. The molecule has 2 rings (SSSR count). The highest BCUT2D eigenvalue weighted by Gasteiger charge is 2.42. The zero-order valence-electron chi connectivity index (χ0n) is 12.1. The van der Waals surface area contributed by atoms with Gasteiger partial charge in [0.2, 0.25) is 0 Å². The van der Waals surface area contributed by atoms with Crippen LogP contribution in [0, 0.1) is 5.92 Å². The Kier molecular flexibility index (Phi) is 4.34. The first kappa shape index (κ1) is 14.2. The number of aromatic nitrogens is 3. The quantitative estimate of drug-likeness (QED) is 0.816. The van der Waals surface area contributed by atoms with E-state index in [-0.39, 0.29) is 5.78 Å². The number of hydrogen-bond donors (Lipinski definition) is 0. The molecule has 2 atom stereocenters. The summed E-state index contributed by atoms with van der Waals surface area (Å²) in [6.45, 7) is 4.73. The number of hydrogen-bond acceptors (Lipinski definition) is 4. The maximum atomic E-state index is 12.7. The van der Waals surface area contributed by atoms with E-state index >= 15 is 0 Å². The third-order valence-electron chi connectivity index (χ3n) is 4.01. The lowest BCUT2D eigenvalue weighted by atomic mass is 9.75. The summed E-state index contributed by atoms with van der Waals surface area (Å²) in [5, 5.41) is 4.01. The molecule has 1 aromatic rings. The maximum absolute atomic E-state index is 12.7. The van der Waals surface area contributed by atoms with Crippen LogP contribution in [0.5, 0.6) is 0 Å². The smallest absolute Gasteiger partial charge is 0.172 e. The summed E-state index contributed by atoms with van der Waals surface area (Å²) in [7, 11) is 1.81. The molecular formula is C14H23N3O2. The lowest BCUT2D eigenvalue weighted by Crippen LogP contribution is -2.46. The van der Waals surface area contributed by atoms with Crippen molar-refractivity contribution in [2.75, 3.05) is 6.61 Å². The first-order valence-electron chi connectivity index (χ1n) is 7.07. The first-order chi connectivity index (χ1) is 9.07. The van der Waals surface area contributed by atoms with Crippen molar-refractivity contribution in [2.24, 2.45) is 13.0 Å². The van der Waals surface area contributed by atoms with Crippen LogP contribution >= 0.6 is 0 Å². The summed E-state index contributed by atoms with van der Waals surface area (Å²) < 4.78 is 7.54. The second kappa shape index (κ2) is 5.82. The summed E-state index contributed by atoms with van der Waals surface area (Å²) in [6, 6.07) is 0. The van der Waals surface area contributed by atoms with E-state index < -0.39 is 5.60 Å². The number of aryl methyl sites for hydroxylation is 1. The van der Waals surface area contributed by atoms with E-state index in [0.717, 1.165) is 19.3 Å². The number of ether oxygens (including phenoxy) is 1. The van der Waals surface area contributed by atoms with Crippen LogP contribution in [0.1, 0.15) is 45.4 Å². The number of ketones is 1. The van der Waals surface area contributed by atoms with E-state index in [1.807, 2.05) is 14.0 Å². The summed E-state index contributed by atoms with van der Waals surface area (Å²) in [5.41, 5.74) is -0.599. The third kappa shape index (κ3) is 3.03. The van der Waals surface area contributed by atoms with Crippen LogP contribution in [0.15, 0.2) is 6.33 Å². The van der Waals surface area contributed by atoms with Gasteiger partial charge >= 0.3 is 0 Å². The number of carbonyl (C=O) groups is 1. The van der Waals surface area contributed by atoms with Gasteiger partial charge in [0.1, 0.15) is 17.8 Å². The number of rotatable bonds is 5. The van der Waals surface area contributed by atoms with Gasteiger partial charge in [-0.15, -0.1) is 0 Å². The molecule has 0 radical (unpaired) electrons. The summed E-state index contributed by atoms with van der Waals surface area (Å²) in [5.74, 6) is 1.41. The zero-order valence-corrected chi connectivity index (χ0v) is 12.1. The minimum Gasteiger partial charge on any atom is -0.367 e. The zero-order chi connectivity index (χ0) is 13.9. The van der Waals surface area contributed by atoms with Gasteiger partial charge in [0, 0.05) is 13.7 Å². The van der Waals surface area contributed by atoms with Crippen LogP contribution in [-0.4, -0.2) is 32.8 Å². The van der Waals surface area contributed by atoms with Gasteiger partial charge in [0.25, 0.3) is 0 Å². The van der Waals surface area contributed by atoms with Crippen LogP contribution in [0.2, 0.25) is 0 Å². The Morgan fingerprint density at radius 1 is 1.63 bits per heavy atom. The lowest BCUT2D eigenvalue weighted by Gasteiger charge is -2.38. The molecule has 0 bridgehead atoms. The van der Waals surface area contributed by atoms with Crippen molar-refractivity contribution in [3.8, 4) is 0 Å². The second-order valence-corrected chi connectivity index (χ2v) is 5.53. The van der Waals surface area contributed by atoms with Crippen molar-refractivity contribution in [3.05, 3.63) is 12.2 Å². The van der Waals surface area contributed by atoms with E-state index in [2.05, 4.69) is 17.0 Å². The van der Waals surface area contributed by atoms with E-state index in [1.165, 1.54) is 12.7 Å². The molecule has 0 spiro atoms. The van der Waals surface area contributed by atoms with Gasteiger partial charge in [-0.3, -0.25) is 9.48 Å². The van der Waals surface area contributed by atoms with Gasteiger partial charge in [0.05, 0.1) is 6.42 Å². The Morgan fingerprint density at radius 3 is 3.00 bits per heavy atom. The second-order valence-electron chi connectivity index (χ2n) is 5.53. The van der Waals surface area contributed by atoms with Crippen molar-refractivity contribution >= 4 is 5.78 Å². The molecule has 1 fully saturated rings. The highest BCUT2D eigenvalue weighted by Crippen LogP contribution is 2.36. The monoisotopic (exact) mass is 265 g/mol. The highest BCUT2D eigenvalue weighted by molar-refractivity contribution is 5.88. The molecule has 106 valence electrons.